The molecule has 1 aliphatic carbocycles. The largest absolute Gasteiger partial charge is 0.458 e. The maximum Gasteiger partial charge on any atom is 0.346 e. The Balaban J connectivity index is 0.965. The van der Waals surface area contributed by atoms with Crippen LogP contribution in [-0.2, 0) is 48.1 Å². The highest BCUT2D eigenvalue weighted by atomic mass is 32.1. The Morgan fingerprint density at radius 3 is 2.51 bits per heavy atom. The molecule has 3 heterocycles. The van der Waals surface area contributed by atoms with E-state index in [4.69, 9.17) is 14.2 Å². The van der Waals surface area contributed by atoms with Gasteiger partial charge in [-0.15, -0.1) is 0 Å². The van der Waals surface area contributed by atoms with Gasteiger partial charge in [0.2, 0.25) is 5.91 Å². The molecule has 2 aliphatic heterocycles. The summed E-state index contributed by atoms with van der Waals surface area (Å²) in [6.07, 6.45) is 7.45. The minimum Gasteiger partial charge on any atom is -0.458 e. The molecule has 0 radical (unpaired) electrons. The molecule has 1 aromatic heterocycles. The molecule has 2 saturated heterocycles. The number of esters is 2. The lowest BCUT2D eigenvalue weighted by Crippen LogP contribution is -2.29. The van der Waals surface area contributed by atoms with Crippen molar-refractivity contribution in [2.75, 3.05) is 6.61 Å². The van der Waals surface area contributed by atoms with E-state index in [2.05, 4.69) is 24.9 Å². The zero-order chi connectivity index (χ0) is 34.7. The summed E-state index contributed by atoms with van der Waals surface area (Å²) in [4.78, 5) is 62.2. The van der Waals surface area contributed by atoms with Gasteiger partial charge in [0.1, 0.15) is 18.8 Å². The van der Waals surface area contributed by atoms with Crippen molar-refractivity contribution in [1.29, 1.82) is 0 Å². The summed E-state index contributed by atoms with van der Waals surface area (Å²) < 4.78 is 19.5. The molecule has 3 aromatic rings. The maximum atomic E-state index is 13.0. The molecule has 0 saturated carbocycles. The number of hydrogen-bond donors (Lipinski definition) is 1. The van der Waals surface area contributed by atoms with Gasteiger partial charge >= 0.3 is 22.5 Å². The van der Waals surface area contributed by atoms with Crippen LogP contribution in [0.25, 0.3) is 5.69 Å². The lowest BCUT2D eigenvalue weighted by atomic mass is 9.84. The van der Waals surface area contributed by atoms with Gasteiger partial charge in [0.25, 0.3) is 0 Å². The summed E-state index contributed by atoms with van der Waals surface area (Å²) in [5.41, 5.74) is 4.02. The normalized spacial score (nSPS) is 24.4. The van der Waals surface area contributed by atoms with Gasteiger partial charge in [-0.3, -0.25) is 9.59 Å². The number of aromatic nitrogens is 2. The van der Waals surface area contributed by atoms with Gasteiger partial charge < -0.3 is 19.5 Å². The Kier molecular flexibility index (Phi) is 9.98. The first-order valence-corrected chi connectivity index (χ1v) is 17.2. The third kappa shape index (κ3) is 7.76. The molecule has 2 fully saturated rings. The fourth-order valence-electron chi connectivity index (χ4n) is 6.32. The van der Waals surface area contributed by atoms with Crippen molar-refractivity contribution in [1.82, 2.24) is 13.8 Å². The Morgan fingerprint density at radius 2 is 1.78 bits per heavy atom. The van der Waals surface area contributed by atoms with Crippen LogP contribution < -0.4 is 15.9 Å². The number of epoxide rings is 1. The molecule has 1 amide bonds. The number of allylic oxidation sites excluding steroid dienone is 1. The number of aryl methyl sites for hydroxylation is 1. The van der Waals surface area contributed by atoms with Gasteiger partial charge in [0.05, 0.1) is 17.8 Å². The fraction of sp³-hybridized carbons (Fsp3) is 0.378. The average molecular weight is 686 g/mol. The first-order valence-electron chi connectivity index (χ1n) is 16.4. The van der Waals surface area contributed by atoms with Crippen LogP contribution in [-0.4, -0.2) is 50.8 Å². The van der Waals surface area contributed by atoms with Crippen LogP contribution in [0.4, 0.5) is 0 Å². The highest BCUT2D eigenvalue weighted by Gasteiger charge is 2.61. The molecule has 11 nitrogen and oxygen atoms in total. The summed E-state index contributed by atoms with van der Waals surface area (Å²) >= 11 is 0.866. The number of hydrogen-bond acceptors (Lipinski definition) is 9. The van der Waals surface area contributed by atoms with Crippen LogP contribution >= 0.6 is 11.5 Å². The van der Waals surface area contributed by atoms with E-state index in [0.717, 1.165) is 65.2 Å². The van der Waals surface area contributed by atoms with Gasteiger partial charge in [-0.2, -0.15) is 0 Å². The van der Waals surface area contributed by atoms with E-state index in [-0.39, 0.29) is 54.3 Å². The number of ether oxygens (including phenoxy) is 3. The lowest BCUT2D eigenvalue weighted by Gasteiger charge is -2.20. The molecule has 0 spiro atoms. The second-order valence-corrected chi connectivity index (χ2v) is 13.7. The van der Waals surface area contributed by atoms with Gasteiger partial charge in [0.15, 0.2) is 0 Å². The predicted octanol–water partition coefficient (Wildman–Crippen LogP) is 4.14. The molecule has 4 atom stereocenters. The monoisotopic (exact) mass is 685 g/mol. The summed E-state index contributed by atoms with van der Waals surface area (Å²) in [7, 11) is 0. The predicted molar refractivity (Wildman–Crippen MR) is 183 cm³/mol. The van der Waals surface area contributed by atoms with E-state index in [0.29, 0.717) is 24.1 Å². The van der Waals surface area contributed by atoms with Crippen LogP contribution in [0.15, 0.2) is 94.1 Å². The van der Waals surface area contributed by atoms with E-state index in [1.165, 1.54) is 8.52 Å². The van der Waals surface area contributed by atoms with Crippen LogP contribution in [0.2, 0.25) is 0 Å². The molecule has 3 aliphatic rings. The summed E-state index contributed by atoms with van der Waals surface area (Å²) in [6, 6.07) is 14.8. The molecular weight excluding hydrogens is 646 g/mol. The van der Waals surface area contributed by atoms with Gasteiger partial charge in [-0.25, -0.2) is 22.9 Å². The van der Waals surface area contributed by atoms with E-state index in [9.17, 15) is 24.0 Å². The van der Waals surface area contributed by atoms with Crippen LogP contribution in [0.1, 0.15) is 56.2 Å². The molecule has 2 aromatic carbocycles. The van der Waals surface area contributed by atoms with Crippen molar-refractivity contribution in [3.05, 3.63) is 121 Å². The highest BCUT2D eigenvalue weighted by molar-refractivity contribution is 7.03. The number of benzene rings is 2. The van der Waals surface area contributed by atoms with Crippen molar-refractivity contribution in [2.45, 2.75) is 76.9 Å². The number of nitrogens with zero attached hydrogens (tertiary/aromatic N) is 2. The molecule has 49 heavy (non-hydrogen) atoms. The summed E-state index contributed by atoms with van der Waals surface area (Å²) in [5.74, 6) is -1.62. The van der Waals surface area contributed by atoms with E-state index in [1.807, 2.05) is 31.2 Å². The van der Waals surface area contributed by atoms with Crippen molar-refractivity contribution < 1.29 is 28.6 Å². The number of rotatable bonds is 10. The maximum absolute atomic E-state index is 13.0. The van der Waals surface area contributed by atoms with E-state index >= 15 is 0 Å². The van der Waals surface area contributed by atoms with Crippen molar-refractivity contribution in [3.8, 4) is 5.69 Å². The van der Waals surface area contributed by atoms with Crippen LogP contribution in [0.3, 0.4) is 0 Å². The van der Waals surface area contributed by atoms with Crippen molar-refractivity contribution >= 4 is 29.4 Å². The van der Waals surface area contributed by atoms with Gasteiger partial charge in [0, 0.05) is 41.7 Å². The zero-order valence-corrected chi connectivity index (χ0v) is 28.3. The smallest absolute Gasteiger partial charge is 0.346 e. The van der Waals surface area contributed by atoms with Crippen LogP contribution in [0, 0.1) is 5.92 Å². The molecule has 256 valence electrons. The third-order valence-corrected chi connectivity index (χ3v) is 10.3. The van der Waals surface area contributed by atoms with Crippen molar-refractivity contribution in [2.24, 2.45) is 5.92 Å². The van der Waals surface area contributed by atoms with Crippen molar-refractivity contribution in [3.63, 3.8) is 0 Å². The number of fused-ring (bicyclic) bond motifs is 3. The fourth-order valence-corrected chi connectivity index (χ4v) is 7.12. The Morgan fingerprint density at radius 1 is 1.06 bits per heavy atom. The number of carbonyl (C=O) groups excluding carboxylic acids is 3. The number of amides is 1. The molecule has 12 heteroatoms. The van der Waals surface area contributed by atoms with E-state index in [1.54, 1.807) is 24.3 Å². The Labute approximate surface area is 287 Å². The number of carbonyl (C=O) groups is 3. The third-order valence-electron chi connectivity index (χ3n) is 9.41. The minimum atomic E-state index is -0.641. The minimum absolute atomic E-state index is 0.0776. The first kappa shape index (κ1) is 34.1. The van der Waals surface area contributed by atoms with Crippen LogP contribution in [0.5, 0.6) is 0 Å². The average Bonchev–Trinajstić information content (AvgIpc) is 3.59. The quantitative estimate of drug-likeness (QED) is 0.146. The highest BCUT2D eigenvalue weighted by Crippen LogP contribution is 2.49. The Hall–Kier alpha value is -4.81. The summed E-state index contributed by atoms with van der Waals surface area (Å²) in [5, 5.41) is 2.73. The SMILES string of the molecule is C=C1C(=O)O[C@H]2[C@H]1CC/C(COC(=O)/C=C\C(=O)NCc1ccc(Cn3c(=O)sn(-c4ccc(CC)cc4)c3=O)cc1)=C\CC[C@@]1(C)O[C@@H]21. The molecule has 6 rings (SSSR count). The Bertz CT molecular complexity index is 1930. The molecule has 0 unspecified atom stereocenters. The second kappa shape index (κ2) is 14.4. The molecule has 0 bridgehead atoms. The molecular formula is C37H39N3O8S. The van der Waals surface area contributed by atoms with Gasteiger partial charge in [-0.1, -0.05) is 56.0 Å². The lowest BCUT2D eigenvalue weighted by molar-refractivity contribution is -0.140. The molecule has 1 N–H and O–H groups in total. The number of nitrogens with one attached hydrogen (secondary N) is 1. The summed E-state index contributed by atoms with van der Waals surface area (Å²) in [6.45, 7) is 8.42. The van der Waals surface area contributed by atoms with Gasteiger partial charge in [-0.05, 0) is 73.4 Å². The first-order chi connectivity index (χ1) is 23.5. The standard InChI is InChI=1S/C37H39N3O8S/c1-4-24-11-14-28(15-12-24)40-35(44)39(36(45)49-40)21-26-9-7-25(8-10-26)20-38-30(41)17-18-31(42)46-22-27-6-5-19-37(3)33(48-37)32-29(16-13-27)23(2)34(43)47-32/h6-12,14-15,17-18,29,32-33H,2,4-5,13,16,19-22H2,1,3H3,(H,38,41)/b18-17-,27-6+/t29-,32-,33-,37+/m0/s1. The second-order valence-electron chi connectivity index (χ2n) is 12.8. The topological polar surface area (TPSA) is 138 Å². The van der Waals surface area contributed by atoms with E-state index < -0.39 is 17.6 Å². The zero-order valence-electron chi connectivity index (χ0n) is 27.5.